The molecule has 1 aromatic carbocycles. The average Bonchev–Trinajstić information content (AvgIpc) is 2.48. The minimum absolute atomic E-state index is 0.926. The lowest BCUT2D eigenvalue weighted by Crippen LogP contribution is -2.30. The molecule has 0 N–H and O–H groups in total. The highest BCUT2D eigenvalue weighted by molar-refractivity contribution is 9.08. The maximum absolute atomic E-state index is 3.58. The van der Waals surface area contributed by atoms with Crippen molar-refractivity contribution in [2.45, 2.75) is 32.5 Å². The summed E-state index contributed by atoms with van der Waals surface area (Å²) in [5.74, 6) is 0. The first-order valence-electron chi connectivity index (χ1n) is 7.37. The zero-order chi connectivity index (χ0) is 14.1. The quantitative estimate of drug-likeness (QED) is 0.629. The van der Waals surface area contributed by atoms with E-state index in [4.69, 9.17) is 0 Å². The zero-order valence-corrected chi connectivity index (χ0v) is 14.1. The van der Waals surface area contributed by atoms with E-state index in [9.17, 15) is 0 Å². The van der Waals surface area contributed by atoms with Gasteiger partial charge in [-0.3, -0.25) is 0 Å². The van der Waals surface area contributed by atoms with Gasteiger partial charge in [-0.15, -0.1) is 0 Å². The van der Waals surface area contributed by atoms with Crippen LogP contribution in [-0.4, -0.2) is 37.6 Å². The molecular weight excluding hydrogens is 300 g/mol. The molecule has 0 radical (unpaired) electrons. The van der Waals surface area contributed by atoms with Crippen LogP contribution < -0.4 is 4.90 Å². The predicted octanol–water partition coefficient (Wildman–Crippen LogP) is 4.14. The van der Waals surface area contributed by atoms with Gasteiger partial charge in [-0.1, -0.05) is 48.0 Å². The third-order valence-corrected chi connectivity index (χ3v) is 4.26. The van der Waals surface area contributed by atoms with Gasteiger partial charge in [0.15, 0.2) is 0 Å². The van der Waals surface area contributed by atoms with Crippen molar-refractivity contribution >= 4 is 21.6 Å². The fourth-order valence-corrected chi connectivity index (χ4v) is 2.88. The van der Waals surface area contributed by atoms with Crippen molar-refractivity contribution in [2.75, 3.05) is 37.6 Å². The lowest BCUT2D eigenvalue weighted by atomic mass is 10.1. The minimum Gasteiger partial charge on any atom is -0.372 e. The van der Waals surface area contributed by atoms with Crippen molar-refractivity contribution in [3.8, 4) is 0 Å². The number of nitrogens with zero attached hydrogens (tertiary/aromatic N) is 2. The number of hydrogen-bond donors (Lipinski definition) is 0. The summed E-state index contributed by atoms with van der Waals surface area (Å²) in [7, 11) is 0. The van der Waals surface area contributed by atoms with E-state index in [1.54, 1.807) is 0 Å². The van der Waals surface area contributed by atoms with E-state index in [1.807, 2.05) is 0 Å². The van der Waals surface area contributed by atoms with E-state index in [2.05, 4.69) is 70.8 Å². The molecule has 2 nitrogen and oxygen atoms in total. The Morgan fingerprint density at radius 3 is 2.21 bits per heavy atom. The molecule has 0 unspecified atom stereocenters. The van der Waals surface area contributed by atoms with Gasteiger partial charge in [0.05, 0.1) is 0 Å². The van der Waals surface area contributed by atoms with E-state index in [0.29, 0.717) is 0 Å². The van der Waals surface area contributed by atoms with E-state index in [-0.39, 0.29) is 0 Å². The summed E-state index contributed by atoms with van der Waals surface area (Å²) in [5.41, 5.74) is 2.76. The van der Waals surface area contributed by atoms with Gasteiger partial charge in [0, 0.05) is 24.1 Å². The van der Waals surface area contributed by atoms with Gasteiger partial charge in [0.1, 0.15) is 0 Å². The van der Waals surface area contributed by atoms with Crippen LogP contribution in [0.1, 0.15) is 32.8 Å². The van der Waals surface area contributed by atoms with Gasteiger partial charge < -0.3 is 9.80 Å². The second-order valence-electron chi connectivity index (χ2n) is 4.72. The molecule has 0 aliphatic rings. The van der Waals surface area contributed by atoms with Gasteiger partial charge in [0.2, 0.25) is 0 Å². The molecule has 0 saturated heterocycles. The smallest absolute Gasteiger partial charge is 0.0407 e. The molecule has 0 aliphatic heterocycles. The van der Waals surface area contributed by atoms with Crippen molar-refractivity contribution in [1.29, 1.82) is 0 Å². The van der Waals surface area contributed by atoms with Crippen LogP contribution in [0.2, 0.25) is 0 Å². The molecule has 0 amide bonds. The van der Waals surface area contributed by atoms with Crippen LogP contribution >= 0.6 is 15.9 Å². The van der Waals surface area contributed by atoms with Gasteiger partial charge in [-0.2, -0.15) is 0 Å². The van der Waals surface area contributed by atoms with Crippen molar-refractivity contribution < 1.29 is 0 Å². The first-order valence-corrected chi connectivity index (χ1v) is 8.50. The van der Waals surface area contributed by atoms with Crippen LogP contribution in [0.3, 0.4) is 0 Å². The summed E-state index contributed by atoms with van der Waals surface area (Å²) >= 11 is 3.58. The fourth-order valence-electron chi connectivity index (χ4n) is 2.41. The second-order valence-corrected chi connectivity index (χ2v) is 5.28. The van der Waals surface area contributed by atoms with Crippen molar-refractivity contribution in [2.24, 2.45) is 0 Å². The van der Waals surface area contributed by atoms with Gasteiger partial charge >= 0.3 is 0 Å². The molecule has 3 heteroatoms. The molecule has 0 bridgehead atoms. The highest BCUT2D eigenvalue weighted by Crippen LogP contribution is 2.22. The van der Waals surface area contributed by atoms with Crippen molar-refractivity contribution in [3.63, 3.8) is 0 Å². The topological polar surface area (TPSA) is 6.48 Å². The summed E-state index contributed by atoms with van der Waals surface area (Å²) in [6, 6.07) is 8.69. The van der Waals surface area contributed by atoms with Crippen LogP contribution in [0.15, 0.2) is 24.3 Å². The Labute approximate surface area is 126 Å². The zero-order valence-electron chi connectivity index (χ0n) is 12.5. The van der Waals surface area contributed by atoms with Gasteiger partial charge in [-0.05, 0) is 44.6 Å². The molecule has 0 aromatic heterocycles. The van der Waals surface area contributed by atoms with Crippen LogP contribution in [0.5, 0.6) is 0 Å². The SMILES string of the molecule is CCN(CC)CCCN(CC)c1ccccc1CBr. The van der Waals surface area contributed by atoms with Crippen LogP contribution in [0.4, 0.5) is 5.69 Å². The van der Waals surface area contributed by atoms with Crippen LogP contribution in [-0.2, 0) is 5.33 Å². The fraction of sp³-hybridized carbons (Fsp3) is 0.625. The second kappa shape index (κ2) is 9.38. The van der Waals surface area contributed by atoms with Crippen LogP contribution in [0, 0.1) is 0 Å². The number of benzene rings is 1. The highest BCUT2D eigenvalue weighted by atomic mass is 79.9. The summed E-state index contributed by atoms with van der Waals surface area (Å²) in [6.07, 6.45) is 1.23. The molecule has 0 saturated carbocycles. The molecule has 0 fully saturated rings. The molecule has 19 heavy (non-hydrogen) atoms. The molecule has 0 spiro atoms. The Kier molecular flexibility index (Phi) is 8.15. The Balaban J connectivity index is 2.58. The number of rotatable bonds is 9. The van der Waals surface area contributed by atoms with E-state index in [1.165, 1.54) is 24.2 Å². The standard InChI is InChI=1S/C16H27BrN2/c1-4-18(5-2)12-9-13-19(6-3)16-11-8-7-10-15(16)14-17/h7-8,10-11H,4-6,9,12-14H2,1-3H3. The third-order valence-electron chi connectivity index (χ3n) is 3.65. The number of anilines is 1. The monoisotopic (exact) mass is 326 g/mol. The van der Waals surface area contributed by atoms with Crippen molar-refractivity contribution in [3.05, 3.63) is 29.8 Å². The lowest BCUT2D eigenvalue weighted by Gasteiger charge is -2.27. The Morgan fingerprint density at radius 2 is 1.63 bits per heavy atom. The van der Waals surface area contributed by atoms with E-state index < -0.39 is 0 Å². The molecule has 1 aromatic rings. The maximum Gasteiger partial charge on any atom is 0.0407 e. The third kappa shape index (κ3) is 5.15. The molecule has 0 heterocycles. The number of alkyl halides is 1. The van der Waals surface area contributed by atoms with Crippen LogP contribution in [0.25, 0.3) is 0 Å². The van der Waals surface area contributed by atoms with Gasteiger partial charge in [0.25, 0.3) is 0 Å². The Morgan fingerprint density at radius 1 is 0.947 bits per heavy atom. The minimum atomic E-state index is 0.926. The normalized spacial score (nSPS) is 11.0. The summed E-state index contributed by atoms with van der Waals surface area (Å²) in [4.78, 5) is 4.98. The van der Waals surface area contributed by atoms with E-state index in [0.717, 1.165) is 31.5 Å². The maximum atomic E-state index is 3.58. The number of halogens is 1. The predicted molar refractivity (Wildman–Crippen MR) is 89.4 cm³/mol. The summed E-state index contributed by atoms with van der Waals surface area (Å²) < 4.78 is 0. The van der Waals surface area contributed by atoms with Gasteiger partial charge in [-0.25, -0.2) is 0 Å². The first-order chi connectivity index (χ1) is 9.26. The number of para-hydroxylation sites is 1. The van der Waals surface area contributed by atoms with E-state index >= 15 is 0 Å². The summed E-state index contributed by atoms with van der Waals surface area (Å²) in [5, 5.41) is 0.926. The molecule has 0 atom stereocenters. The average molecular weight is 327 g/mol. The Bertz CT molecular complexity index is 350. The Hall–Kier alpha value is -0.540. The highest BCUT2D eigenvalue weighted by Gasteiger charge is 2.08. The molecule has 108 valence electrons. The lowest BCUT2D eigenvalue weighted by molar-refractivity contribution is 0.300. The molecular formula is C16H27BrN2. The molecule has 0 aliphatic carbocycles. The largest absolute Gasteiger partial charge is 0.372 e. The summed E-state index contributed by atoms with van der Waals surface area (Å²) in [6.45, 7) is 12.4. The number of hydrogen-bond acceptors (Lipinski definition) is 2. The first kappa shape index (κ1) is 16.5. The molecule has 1 rings (SSSR count). The van der Waals surface area contributed by atoms with Crippen molar-refractivity contribution in [1.82, 2.24) is 4.90 Å².